The summed E-state index contributed by atoms with van der Waals surface area (Å²) in [5.74, 6) is 1.41. The molecule has 1 amide bonds. The maximum atomic E-state index is 13.1. The van der Waals surface area contributed by atoms with Gasteiger partial charge in [-0.25, -0.2) is 18.9 Å². The monoisotopic (exact) mass is 379 g/mol. The van der Waals surface area contributed by atoms with Crippen LogP contribution in [0.15, 0.2) is 29.1 Å². The molecule has 5 rings (SSSR count). The van der Waals surface area contributed by atoms with Crippen LogP contribution in [0.5, 0.6) is 0 Å². The SMILES string of the molecule is C[C@@H]1CCCC[C@@H]1NC(=O)Cn1nc2c3ccccc3nc(C3CC3)n2c1=O. The molecule has 2 atom stereocenters. The number of hydrogen-bond donors (Lipinski definition) is 1. The number of para-hydroxylation sites is 1. The van der Waals surface area contributed by atoms with Crippen LogP contribution in [-0.2, 0) is 11.3 Å². The highest BCUT2D eigenvalue weighted by atomic mass is 16.2. The first-order chi connectivity index (χ1) is 13.6. The van der Waals surface area contributed by atoms with Crippen LogP contribution in [-0.4, -0.2) is 31.1 Å². The summed E-state index contributed by atoms with van der Waals surface area (Å²) in [6.07, 6.45) is 6.60. The number of rotatable bonds is 4. The van der Waals surface area contributed by atoms with Gasteiger partial charge in [0.1, 0.15) is 12.4 Å². The van der Waals surface area contributed by atoms with Crippen molar-refractivity contribution in [3.05, 3.63) is 40.6 Å². The van der Waals surface area contributed by atoms with Gasteiger partial charge in [-0.1, -0.05) is 31.9 Å². The van der Waals surface area contributed by atoms with E-state index in [1.54, 1.807) is 4.40 Å². The van der Waals surface area contributed by atoms with Crippen molar-refractivity contribution >= 4 is 22.5 Å². The van der Waals surface area contributed by atoms with Crippen molar-refractivity contribution in [2.75, 3.05) is 0 Å². The van der Waals surface area contributed by atoms with Crippen molar-refractivity contribution in [2.45, 2.75) is 64.0 Å². The van der Waals surface area contributed by atoms with Gasteiger partial charge >= 0.3 is 5.69 Å². The lowest BCUT2D eigenvalue weighted by Gasteiger charge is -2.29. The third-order valence-electron chi connectivity index (χ3n) is 6.14. The molecule has 2 aromatic heterocycles. The average Bonchev–Trinajstić information content (AvgIpc) is 3.49. The largest absolute Gasteiger partial charge is 0.352 e. The van der Waals surface area contributed by atoms with Crippen molar-refractivity contribution in [1.82, 2.24) is 24.5 Å². The Labute approximate surface area is 162 Å². The van der Waals surface area contributed by atoms with Gasteiger partial charge in [0.2, 0.25) is 5.91 Å². The molecular weight excluding hydrogens is 354 g/mol. The number of hydrogen-bond acceptors (Lipinski definition) is 4. The third kappa shape index (κ3) is 2.99. The van der Waals surface area contributed by atoms with E-state index in [1.165, 1.54) is 11.1 Å². The second-order valence-corrected chi connectivity index (χ2v) is 8.30. The highest BCUT2D eigenvalue weighted by molar-refractivity contribution is 5.91. The average molecular weight is 379 g/mol. The minimum atomic E-state index is -0.276. The molecule has 146 valence electrons. The lowest BCUT2D eigenvalue weighted by atomic mass is 9.86. The van der Waals surface area contributed by atoms with E-state index < -0.39 is 0 Å². The number of nitrogens with one attached hydrogen (secondary N) is 1. The van der Waals surface area contributed by atoms with Crippen molar-refractivity contribution in [1.29, 1.82) is 0 Å². The molecule has 0 radical (unpaired) electrons. The van der Waals surface area contributed by atoms with E-state index in [0.29, 0.717) is 17.5 Å². The Bertz CT molecular complexity index is 1110. The maximum Gasteiger partial charge on any atom is 0.352 e. The molecule has 1 aromatic carbocycles. The third-order valence-corrected chi connectivity index (χ3v) is 6.14. The predicted molar refractivity (Wildman–Crippen MR) is 106 cm³/mol. The molecule has 0 bridgehead atoms. The van der Waals surface area contributed by atoms with Crippen LogP contribution >= 0.6 is 0 Å². The second-order valence-electron chi connectivity index (χ2n) is 8.30. The Balaban J connectivity index is 1.51. The zero-order chi connectivity index (χ0) is 19.3. The molecule has 2 heterocycles. The van der Waals surface area contributed by atoms with E-state index in [1.807, 2.05) is 24.3 Å². The summed E-state index contributed by atoms with van der Waals surface area (Å²) in [4.78, 5) is 30.4. The van der Waals surface area contributed by atoms with E-state index in [4.69, 9.17) is 4.98 Å². The van der Waals surface area contributed by atoms with Crippen molar-refractivity contribution in [3.63, 3.8) is 0 Å². The van der Waals surface area contributed by atoms with Crippen LogP contribution in [0.1, 0.15) is 57.2 Å². The number of fused-ring (bicyclic) bond motifs is 3. The van der Waals surface area contributed by atoms with Crippen LogP contribution in [0.4, 0.5) is 0 Å². The molecule has 0 spiro atoms. The summed E-state index contributed by atoms with van der Waals surface area (Å²) in [5.41, 5.74) is 1.16. The molecule has 2 aliphatic carbocycles. The van der Waals surface area contributed by atoms with Gasteiger partial charge in [0, 0.05) is 17.3 Å². The van der Waals surface area contributed by atoms with Gasteiger partial charge in [-0.2, -0.15) is 0 Å². The molecule has 2 aliphatic rings. The quantitative estimate of drug-likeness (QED) is 0.756. The summed E-state index contributed by atoms with van der Waals surface area (Å²) in [5, 5.41) is 8.48. The van der Waals surface area contributed by atoms with Crippen molar-refractivity contribution in [3.8, 4) is 0 Å². The van der Waals surface area contributed by atoms with E-state index in [2.05, 4.69) is 17.3 Å². The van der Waals surface area contributed by atoms with Crippen LogP contribution in [0.3, 0.4) is 0 Å². The summed E-state index contributed by atoms with van der Waals surface area (Å²) < 4.78 is 2.90. The zero-order valence-corrected chi connectivity index (χ0v) is 16.1. The van der Waals surface area contributed by atoms with Crippen LogP contribution in [0.2, 0.25) is 0 Å². The molecule has 0 aliphatic heterocycles. The van der Waals surface area contributed by atoms with Crippen LogP contribution in [0, 0.1) is 5.92 Å². The Morgan fingerprint density at radius 1 is 1.18 bits per heavy atom. The fourth-order valence-electron chi connectivity index (χ4n) is 4.36. The van der Waals surface area contributed by atoms with E-state index in [0.717, 1.165) is 48.8 Å². The number of nitrogens with zero attached hydrogens (tertiary/aromatic N) is 4. The van der Waals surface area contributed by atoms with E-state index >= 15 is 0 Å². The lowest BCUT2D eigenvalue weighted by Crippen LogP contribution is -2.43. The molecule has 7 nitrogen and oxygen atoms in total. The Morgan fingerprint density at radius 3 is 2.75 bits per heavy atom. The molecule has 28 heavy (non-hydrogen) atoms. The van der Waals surface area contributed by atoms with E-state index in [9.17, 15) is 9.59 Å². The Kier molecular flexibility index (Phi) is 4.18. The fourth-order valence-corrected chi connectivity index (χ4v) is 4.36. The predicted octanol–water partition coefficient (Wildman–Crippen LogP) is 2.62. The molecule has 2 saturated carbocycles. The van der Waals surface area contributed by atoms with Crippen LogP contribution in [0.25, 0.3) is 16.6 Å². The summed E-state index contributed by atoms with van der Waals surface area (Å²) >= 11 is 0. The molecule has 0 unspecified atom stereocenters. The van der Waals surface area contributed by atoms with Gasteiger partial charge in [-0.3, -0.25) is 4.79 Å². The maximum absolute atomic E-state index is 13.1. The van der Waals surface area contributed by atoms with Gasteiger partial charge in [0.25, 0.3) is 0 Å². The standard InChI is InChI=1S/C21H25N5O2/c1-13-6-2-4-8-16(13)22-18(27)12-25-21(28)26-19(14-10-11-14)23-17-9-5-3-7-15(17)20(26)24-25/h3,5,7,9,13-14,16H,2,4,6,8,10-12H2,1H3,(H,22,27)/t13-,16+/m1/s1. The van der Waals surface area contributed by atoms with Crippen molar-refractivity contribution < 1.29 is 4.79 Å². The summed E-state index contributed by atoms with van der Waals surface area (Å²) in [6, 6.07) is 7.92. The summed E-state index contributed by atoms with van der Waals surface area (Å²) in [6.45, 7) is 2.13. The molecule has 1 N–H and O–H groups in total. The number of amides is 1. The molecule has 2 fully saturated rings. The van der Waals surface area contributed by atoms with Gasteiger partial charge in [0.05, 0.1) is 5.52 Å². The Hall–Kier alpha value is -2.70. The van der Waals surface area contributed by atoms with Gasteiger partial charge in [-0.05, 0) is 43.7 Å². The normalized spacial score (nSPS) is 22.6. The number of benzene rings is 1. The minimum Gasteiger partial charge on any atom is -0.351 e. The highest BCUT2D eigenvalue weighted by Crippen LogP contribution is 2.39. The first kappa shape index (κ1) is 17.4. The smallest absolute Gasteiger partial charge is 0.351 e. The molecule has 7 heteroatoms. The number of carbonyl (C=O) groups excluding carboxylic acids is 1. The van der Waals surface area contributed by atoms with Gasteiger partial charge in [-0.15, -0.1) is 5.10 Å². The first-order valence-electron chi connectivity index (χ1n) is 10.3. The Morgan fingerprint density at radius 2 is 1.96 bits per heavy atom. The molecule has 3 aromatic rings. The van der Waals surface area contributed by atoms with Crippen molar-refractivity contribution in [2.24, 2.45) is 5.92 Å². The lowest BCUT2D eigenvalue weighted by molar-refractivity contribution is -0.123. The molecular formula is C21H25N5O2. The summed E-state index contributed by atoms with van der Waals surface area (Å²) in [7, 11) is 0. The first-order valence-corrected chi connectivity index (χ1v) is 10.3. The fraction of sp³-hybridized carbons (Fsp3) is 0.524. The molecule has 0 saturated heterocycles. The topological polar surface area (TPSA) is 81.3 Å². The second kappa shape index (κ2) is 6.72. The van der Waals surface area contributed by atoms with E-state index in [-0.39, 0.29) is 24.2 Å². The van der Waals surface area contributed by atoms with Crippen LogP contribution < -0.4 is 11.0 Å². The highest BCUT2D eigenvalue weighted by Gasteiger charge is 2.30. The van der Waals surface area contributed by atoms with Gasteiger partial charge in [0.15, 0.2) is 5.65 Å². The van der Waals surface area contributed by atoms with Gasteiger partial charge < -0.3 is 5.32 Å². The minimum absolute atomic E-state index is 0.0534. The number of aromatic nitrogens is 4. The number of carbonyl (C=O) groups is 1. The zero-order valence-electron chi connectivity index (χ0n) is 16.1.